The predicted molar refractivity (Wildman–Crippen MR) is 110 cm³/mol. The number of amides is 2. The molecule has 0 aromatic carbocycles. The minimum Gasteiger partial charge on any atom is -0.395 e. The Bertz CT molecular complexity index is 1060. The molecule has 4 heterocycles. The summed E-state index contributed by atoms with van der Waals surface area (Å²) in [5, 5.41) is 16.4. The van der Waals surface area contributed by atoms with Gasteiger partial charge in [-0.1, -0.05) is 18.1 Å². The maximum Gasteiger partial charge on any atom is 0.292 e. The number of carbonyl (C=O) groups excluding carboxylic acids is 2. The summed E-state index contributed by atoms with van der Waals surface area (Å²) in [5.74, 6) is -0.346. The SMILES string of the molecule is CCc1cc(C(=O)N2CCO[C@H](c3c(C(=O)NCCO)sc4ncccc34)C2)on1. The average Bonchev–Trinajstić information content (AvgIpc) is 3.42. The number of pyridine rings is 1. The third-order valence-electron chi connectivity index (χ3n) is 4.92. The van der Waals surface area contributed by atoms with Crippen molar-refractivity contribution in [2.45, 2.75) is 19.4 Å². The Kier molecular flexibility index (Phi) is 6.07. The highest BCUT2D eigenvalue weighted by molar-refractivity contribution is 7.20. The number of aliphatic hydroxyl groups excluding tert-OH is 1. The van der Waals surface area contributed by atoms with Crippen LogP contribution in [0.5, 0.6) is 0 Å². The van der Waals surface area contributed by atoms with Crippen molar-refractivity contribution in [1.29, 1.82) is 0 Å². The van der Waals surface area contributed by atoms with E-state index in [0.717, 1.165) is 15.9 Å². The second-order valence-electron chi connectivity index (χ2n) is 6.83. The number of carbonyl (C=O) groups is 2. The van der Waals surface area contributed by atoms with E-state index < -0.39 is 6.10 Å². The molecule has 1 fully saturated rings. The molecule has 158 valence electrons. The van der Waals surface area contributed by atoms with Crippen LogP contribution in [0.3, 0.4) is 0 Å². The minimum atomic E-state index is -0.482. The highest BCUT2D eigenvalue weighted by Gasteiger charge is 2.33. The van der Waals surface area contributed by atoms with Gasteiger partial charge in [-0.25, -0.2) is 4.98 Å². The third-order valence-corrected chi connectivity index (χ3v) is 6.04. The number of hydrogen-bond donors (Lipinski definition) is 2. The highest BCUT2D eigenvalue weighted by Crippen LogP contribution is 2.37. The molecule has 0 unspecified atom stereocenters. The molecule has 1 aliphatic heterocycles. The van der Waals surface area contributed by atoms with E-state index >= 15 is 0 Å². The van der Waals surface area contributed by atoms with Crippen LogP contribution < -0.4 is 5.32 Å². The molecule has 1 aliphatic rings. The van der Waals surface area contributed by atoms with E-state index in [1.165, 1.54) is 11.3 Å². The number of ether oxygens (including phenoxy) is 1. The van der Waals surface area contributed by atoms with E-state index in [0.29, 0.717) is 30.0 Å². The fourth-order valence-corrected chi connectivity index (χ4v) is 4.54. The molecule has 0 bridgehead atoms. The van der Waals surface area contributed by atoms with Gasteiger partial charge in [0.1, 0.15) is 15.8 Å². The van der Waals surface area contributed by atoms with E-state index in [-0.39, 0.29) is 37.3 Å². The first-order chi connectivity index (χ1) is 14.6. The molecular formula is C20H22N4O5S. The predicted octanol–water partition coefficient (Wildman–Crippen LogP) is 1.78. The van der Waals surface area contributed by atoms with Gasteiger partial charge in [0, 0.05) is 36.3 Å². The summed E-state index contributed by atoms with van der Waals surface area (Å²) >= 11 is 1.27. The molecule has 1 atom stereocenters. The van der Waals surface area contributed by atoms with Crippen molar-refractivity contribution in [2.24, 2.45) is 0 Å². The molecule has 2 amide bonds. The molecule has 3 aromatic rings. The standard InChI is InChI=1S/C20H22N4O5S/c1-2-12-10-14(29-23-12)20(27)24-7-9-28-15(11-24)16-13-4-3-5-22-19(13)30-17(16)18(26)21-6-8-25/h3-5,10,15,25H,2,6-9,11H2,1H3,(H,21,26)/t15-/m0/s1. The van der Waals surface area contributed by atoms with Gasteiger partial charge >= 0.3 is 0 Å². The van der Waals surface area contributed by atoms with Gasteiger partial charge < -0.3 is 24.6 Å². The van der Waals surface area contributed by atoms with Crippen molar-refractivity contribution >= 4 is 33.4 Å². The van der Waals surface area contributed by atoms with Crippen LogP contribution in [0, 0.1) is 0 Å². The summed E-state index contributed by atoms with van der Waals surface area (Å²) in [5.41, 5.74) is 1.43. The topological polar surface area (TPSA) is 118 Å². The molecule has 3 aromatic heterocycles. The molecular weight excluding hydrogens is 408 g/mol. The maximum atomic E-state index is 12.9. The first kappa shape index (κ1) is 20.5. The Labute approximate surface area is 176 Å². The van der Waals surface area contributed by atoms with Crippen molar-refractivity contribution in [2.75, 3.05) is 32.8 Å². The van der Waals surface area contributed by atoms with Gasteiger partial charge in [0.25, 0.3) is 11.8 Å². The zero-order chi connectivity index (χ0) is 21.1. The highest BCUT2D eigenvalue weighted by atomic mass is 32.1. The van der Waals surface area contributed by atoms with E-state index in [2.05, 4.69) is 15.5 Å². The van der Waals surface area contributed by atoms with Crippen LogP contribution >= 0.6 is 11.3 Å². The summed E-state index contributed by atoms with van der Waals surface area (Å²) in [4.78, 5) is 32.8. The average molecular weight is 430 g/mol. The Hall–Kier alpha value is -2.82. The molecule has 2 N–H and O–H groups in total. The first-order valence-electron chi connectivity index (χ1n) is 9.75. The largest absolute Gasteiger partial charge is 0.395 e. The Morgan fingerprint density at radius 2 is 2.30 bits per heavy atom. The van der Waals surface area contributed by atoms with E-state index in [1.807, 2.05) is 13.0 Å². The second-order valence-corrected chi connectivity index (χ2v) is 7.83. The quantitative estimate of drug-likeness (QED) is 0.612. The van der Waals surface area contributed by atoms with Crippen LogP contribution in [0.25, 0.3) is 10.2 Å². The molecule has 30 heavy (non-hydrogen) atoms. The Balaban J connectivity index is 1.64. The summed E-state index contributed by atoms with van der Waals surface area (Å²) in [6.07, 6.45) is 1.87. The van der Waals surface area contributed by atoms with Gasteiger partial charge in [-0.15, -0.1) is 11.3 Å². The van der Waals surface area contributed by atoms with Gasteiger partial charge in [-0.2, -0.15) is 0 Å². The number of aromatic nitrogens is 2. The molecule has 0 radical (unpaired) electrons. The number of nitrogens with zero attached hydrogens (tertiary/aromatic N) is 3. The molecule has 10 heteroatoms. The summed E-state index contributed by atoms with van der Waals surface area (Å²) in [7, 11) is 0. The fourth-order valence-electron chi connectivity index (χ4n) is 3.43. The molecule has 0 spiro atoms. The van der Waals surface area contributed by atoms with E-state index in [9.17, 15) is 9.59 Å². The lowest BCUT2D eigenvalue weighted by Gasteiger charge is -2.32. The molecule has 0 aliphatic carbocycles. The lowest BCUT2D eigenvalue weighted by atomic mass is 10.0. The van der Waals surface area contributed by atoms with Crippen LogP contribution in [0.1, 0.15) is 44.5 Å². The van der Waals surface area contributed by atoms with Crippen LogP contribution in [-0.2, 0) is 11.2 Å². The second kappa shape index (κ2) is 8.90. The van der Waals surface area contributed by atoms with Gasteiger partial charge in [-0.3, -0.25) is 9.59 Å². The van der Waals surface area contributed by atoms with E-state index in [4.69, 9.17) is 14.4 Å². The fraction of sp³-hybridized carbons (Fsp3) is 0.400. The lowest BCUT2D eigenvalue weighted by molar-refractivity contribution is -0.0234. The summed E-state index contributed by atoms with van der Waals surface area (Å²) in [6.45, 7) is 2.98. The van der Waals surface area contributed by atoms with Crippen molar-refractivity contribution in [1.82, 2.24) is 20.4 Å². The molecule has 0 saturated carbocycles. The number of thiophene rings is 1. The number of rotatable bonds is 6. The van der Waals surface area contributed by atoms with Gasteiger partial charge in [0.2, 0.25) is 5.76 Å². The van der Waals surface area contributed by atoms with Crippen molar-refractivity contribution in [3.05, 3.63) is 46.3 Å². The number of nitrogens with one attached hydrogen (secondary N) is 1. The molecule has 1 saturated heterocycles. The first-order valence-corrected chi connectivity index (χ1v) is 10.6. The third kappa shape index (κ3) is 3.93. The van der Waals surface area contributed by atoms with Crippen molar-refractivity contribution in [3.63, 3.8) is 0 Å². The number of hydrogen-bond acceptors (Lipinski definition) is 8. The van der Waals surface area contributed by atoms with Crippen LogP contribution in [0.2, 0.25) is 0 Å². The van der Waals surface area contributed by atoms with Gasteiger partial charge in [0.15, 0.2) is 0 Å². The zero-order valence-corrected chi connectivity index (χ0v) is 17.3. The Morgan fingerprint density at radius 1 is 1.43 bits per heavy atom. The lowest BCUT2D eigenvalue weighted by Crippen LogP contribution is -2.42. The van der Waals surface area contributed by atoms with Gasteiger partial charge in [-0.05, 0) is 12.5 Å². The van der Waals surface area contributed by atoms with E-state index in [1.54, 1.807) is 23.2 Å². The normalized spacial score (nSPS) is 16.7. The van der Waals surface area contributed by atoms with Crippen molar-refractivity contribution in [3.8, 4) is 0 Å². The maximum absolute atomic E-state index is 12.9. The molecule has 4 rings (SSSR count). The number of aliphatic hydroxyl groups is 1. The number of morpholine rings is 1. The summed E-state index contributed by atoms with van der Waals surface area (Å²) in [6, 6.07) is 5.36. The number of fused-ring (bicyclic) bond motifs is 1. The molecule has 9 nitrogen and oxygen atoms in total. The van der Waals surface area contributed by atoms with Crippen molar-refractivity contribution < 1.29 is 24.0 Å². The minimum absolute atomic E-state index is 0.149. The van der Waals surface area contributed by atoms with Crippen LogP contribution in [-0.4, -0.2) is 64.8 Å². The summed E-state index contributed by atoms with van der Waals surface area (Å²) < 4.78 is 11.2. The van der Waals surface area contributed by atoms with Gasteiger partial charge in [0.05, 0.1) is 25.5 Å². The smallest absolute Gasteiger partial charge is 0.292 e. The van der Waals surface area contributed by atoms with Crippen LogP contribution in [0.4, 0.5) is 0 Å². The zero-order valence-electron chi connectivity index (χ0n) is 16.5. The van der Waals surface area contributed by atoms with Crippen LogP contribution in [0.15, 0.2) is 28.9 Å². The number of aryl methyl sites for hydroxylation is 1. The Morgan fingerprint density at radius 3 is 3.07 bits per heavy atom. The monoisotopic (exact) mass is 430 g/mol.